The lowest BCUT2D eigenvalue weighted by Gasteiger charge is -2.29. The second-order valence-corrected chi connectivity index (χ2v) is 6.16. The Morgan fingerprint density at radius 2 is 2.30 bits per heavy atom. The predicted octanol–water partition coefficient (Wildman–Crippen LogP) is 1.48. The molecule has 1 aliphatic heterocycles. The summed E-state index contributed by atoms with van der Waals surface area (Å²) in [6.45, 7) is 6.93. The van der Waals surface area contributed by atoms with E-state index >= 15 is 0 Å². The minimum atomic E-state index is 0.156. The number of nitrogens with zero attached hydrogens (tertiary/aromatic N) is 3. The van der Waals surface area contributed by atoms with Crippen molar-refractivity contribution in [1.82, 2.24) is 9.78 Å². The van der Waals surface area contributed by atoms with Crippen LogP contribution in [-0.2, 0) is 18.2 Å². The van der Waals surface area contributed by atoms with Crippen molar-refractivity contribution in [2.24, 2.45) is 18.7 Å². The molecular formula is C15H28N4O. The van der Waals surface area contributed by atoms with Gasteiger partial charge in [0.2, 0.25) is 0 Å². The van der Waals surface area contributed by atoms with Crippen LogP contribution in [0.3, 0.4) is 0 Å². The summed E-state index contributed by atoms with van der Waals surface area (Å²) >= 11 is 0. The first-order valence-corrected chi connectivity index (χ1v) is 7.56. The van der Waals surface area contributed by atoms with Gasteiger partial charge >= 0.3 is 0 Å². The summed E-state index contributed by atoms with van der Waals surface area (Å²) < 4.78 is 7.56. The van der Waals surface area contributed by atoms with Crippen LogP contribution < -0.4 is 10.6 Å². The monoisotopic (exact) mass is 280 g/mol. The van der Waals surface area contributed by atoms with Crippen molar-refractivity contribution in [2.75, 3.05) is 31.7 Å². The maximum Gasteiger partial charge on any atom is 0.129 e. The number of aromatic nitrogens is 2. The Morgan fingerprint density at radius 1 is 1.55 bits per heavy atom. The van der Waals surface area contributed by atoms with Crippen molar-refractivity contribution in [3.63, 3.8) is 0 Å². The van der Waals surface area contributed by atoms with Crippen molar-refractivity contribution in [3.8, 4) is 0 Å². The van der Waals surface area contributed by atoms with E-state index in [0.717, 1.165) is 31.9 Å². The topological polar surface area (TPSA) is 56.3 Å². The largest absolute Gasteiger partial charge is 0.381 e. The summed E-state index contributed by atoms with van der Waals surface area (Å²) in [5.74, 6) is 1.82. The van der Waals surface area contributed by atoms with Crippen molar-refractivity contribution in [3.05, 3.63) is 11.3 Å². The van der Waals surface area contributed by atoms with Gasteiger partial charge in [-0.15, -0.1) is 0 Å². The van der Waals surface area contributed by atoms with E-state index in [1.807, 2.05) is 18.7 Å². The standard InChI is InChI=1S/C15H28N4O/c1-11(16)8-14-12(2)17-19(4)15(14)18(3)9-13-6-5-7-20-10-13/h11,13H,5-10,16H2,1-4H3. The van der Waals surface area contributed by atoms with Gasteiger partial charge in [0.25, 0.3) is 0 Å². The molecule has 114 valence electrons. The van der Waals surface area contributed by atoms with Gasteiger partial charge in [0, 0.05) is 38.9 Å². The van der Waals surface area contributed by atoms with Gasteiger partial charge in [-0.2, -0.15) is 5.10 Å². The first kappa shape index (κ1) is 15.3. The van der Waals surface area contributed by atoms with Crippen LogP contribution in [0.15, 0.2) is 0 Å². The molecule has 0 saturated carbocycles. The molecule has 0 bridgehead atoms. The quantitative estimate of drug-likeness (QED) is 0.887. The Labute approximate surface area is 122 Å². The third-order valence-corrected chi connectivity index (χ3v) is 3.99. The van der Waals surface area contributed by atoms with E-state index in [1.165, 1.54) is 24.2 Å². The maximum absolute atomic E-state index is 5.98. The van der Waals surface area contributed by atoms with Crippen LogP contribution in [0.2, 0.25) is 0 Å². The summed E-state index contributed by atoms with van der Waals surface area (Å²) in [5, 5.41) is 4.57. The van der Waals surface area contributed by atoms with Crippen LogP contribution in [0, 0.1) is 12.8 Å². The highest BCUT2D eigenvalue weighted by Crippen LogP contribution is 2.25. The number of hydrogen-bond donors (Lipinski definition) is 1. The average molecular weight is 280 g/mol. The van der Waals surface area contributed by atoms with Crippen LogP contribution in [0.25, 0.3) is 0 Å². The molecule has 2 N–H and O–H groups in total. The van der Waals surface area contributed by atoms with E-state index in [0.29, 0.717) is 5.92 Å². The lowest BCUT2D eigenvalue weighted by atomic mass is 10.0. The zero-order valence-corrected chi connectivity index (χ0v) is 13.2. The first-order chi connectivity index (χ1) is 9.49. The Bertz CT molecular complexity index is 435. The smallest absolute Gasteiger partial charge is 0.129 e. The molecule has 5 nitrogen and oxygen atoms in total. The van der Waals surface area contributed by atoms with Crippen molar-refractivity contribution in [2.45, 2.75) is 39.2 Å². The fraction of sp³-hybridized carbons (Fsp3) is 0.800. The second-order valence-electron chi connectivity index (χ2n) is 6.16. The third-order valence-electron chi connectivity index (χ3n) is 3.99. The van der Waals surface area contributed by atoms with Gasteiger partial charge in [-0.3, -0.25) is 4.68 Å². The van der Waals surface area contributed by atoms with Gasteiger partial charge in [-0.1, -0.05) is 0 Å². The van der Waals surface area contributed by atoms with E-state index in [9.17, 15) is 0 Å². The molecule has 0 amide bonds. The molecular weight excluding hydrogens is 252 g/mol. The molecule has 2 unspecified atom stereocenters. The summed E-state index contributed by atoms with van der Waals surface area (Å²) in [7, 11) is 4.16. The summed E-state index contributed by atoms with van der Waals surface area (Å²) in [6.07, 6.45) is 3.31. The number of rotatable bonds is 5. The number of aryl methyl sites for hydroxylation is 2. The zero-order chi connectivity index (χ0) is 14.7. The molecule has 1 saturated heterocycles. The molecule has 0 aliphatic carbocycles. The average Bonchev–Trinajstić information content (AvgIpc) is 2.64. The molecule has 1 aromatic rings. The summed E-state index contributed by atoms with van der Waals surface area (Å²) in [6, 6.07) is 0.156. The van der Waals surface area contributed by atoms with Crippen molar-refractivity contribution < 1.29 is 4.74 Å². The highest BCUT2D eigenvalue weighted by atomic mass is 16.5. The lowest BCUT2D eigenvalue weighted by Crippen LogP contribution is -2.32. The maximum atomic E-state index is 5.98. The second kappa shape index (κ2) is 6.59. The molecule has 1 aromatic heterocycles. The molecule has 20 heavy (non-hydrogen) atoms. The van der Waals surface area contributed by atoms with Crippen molar-refractivity contribution in [1.29, 1.82) is 0 Å². The van der Waals surface area contributed by atoms with E-state index < -0.39 is 0 Å². The van der Waals surface area contributed by atoms with Gasteiger partial charge in [-0.05, 0) is 39.0 Å². The summed E-state index contributed by atoms with van der Waals surface area (Å²) in [4.78, 5) is 2.32. The van der Waals surface area contributed by atoms with Crippen molar-refractivity contribution >= 4 is 5.82 Å². The van der Waals surface area contributed by atoms with Crippen LogP contribution >= 0.6 is 0 Å². The predicted molar refractivity (Wildman–Crippen MR) is 82.1 cm³/mol. The minimum absolute atomic E-state index is 0.156. The van der Waals surface area contributed by atoms with E-state index in [-0.39, 0.29) is 6.04 Å². The molecule has 1 fully saturated rings. The van der Waals surface area contributed by atoms with E-state index in [2.05, 4.69) is 24.0 Å². The van der Waals surface area contributed by atoms with Gasteiger partial charge in [0.05, 0.1) is 12.3 Å². The highest BCUT2D eigenvalue weighted by molar-refractivity contribution is 5.50. The number of hydrogen-bond acceptors (Lipinski definition) is 4. The van der Waals surface area contributed by atoms with E-state index in [4.69, 9.17) is 10.5 Å². The van der Waals surface area contributed by atoms with Gasteiger partial charge in [0.1, 0.15) is 5.82 Å². The van der Waals surface area contributed by atoms with Gasteiger partial charge in [-0.25, -0.2) is 0 Å². The Kier molecular flexibility index (Phi) is 5.05. The molecule has 2 rings (SSSR count). The molecule has 0 aromatic carbocycles. The first-order valence-electron chi connectivity index (χ1n) is 7.56. The Hall–Kier alpha value is -1.07. The van der Waals surface area contributed by atoms with Gasteiger partial charge in [0.15, 0.2) is 0 Å². The molecule has 5 heteroatoms. The molecule has 0 radical (unpaired) electrons. The van der Waals surface area contributed by atoms with Crippen LogP contribution in [-0.4, -0.2) is 42.6 Å². The number of anilines is 1. The fourth-order valence-corrected chi connectivity index (χ4v) is 3.15. The summed E-state index contributed by atoms with van der Waals surface area (Å²) in [5.41, 5.74) is 8.35. The fourth-order valence-electron chi connectivity index (χ4n) is 3.15. The zero-order valence-electron chi connectivity index (χ0n) is 13.2. The highest BCUT2D eigenvalue weighted by Gasteiger charge is 2.21. The molecule has 0 spiro atoms. The third kappa shape index (κ3) is 3.52. The lowest BCUT2D eigenvalue weighted by molar-refractivity contribution is 0.0575. The van der Waals surface area contributed by atoms with Crippen LogP contribution in [0.4, 0.5) is 5.82 Å². The minimum Gasteiger partial charge on any atom is -0.381 e. The molecule has 1 aliphatic rings. The SMILES string of the molecule is Cc1nn(C)c(N(C)CC2CCCOC2)c1CC(C)N. The van der Waals surface area contributed by atoms with Crippen LogP contribution in [0.5, 0.6) is 0 Å². The molecule has 2 heterocycles. The Morgan fingerprint density at radius 3 is 2.90 bits per heavy atom. The van der Waals surface area contributed by atoms with E-state index in [1.54, 1.807) is 0 Å². The number of ether oxygens (including phenoxy) is 1. The van der Waals surface area contributed by atoms with Crippen LogP contribution in [0.1, 0.15) is 31.0 Å². The van der Waals surface area contributed by atoms with Gasteiger partial charge < -0.3 is 15.4 Å². The Balaban J connectivity index is 2.13. The number of nitrogens with two attached hydrogens (primary N) is 1. The molecule has 2 atom stereocenters. The normalized spacial score (nSPS) is 20.9.